The van der Waals surface area contributed by atoms with Crippen LogP contribution in [-0.2, 0) is 19.1 Å². The molecule has 13 nitrogen and oxygen atoms in total. The minimum absolute atomic E-state index is 0.00356. The van der Waals surface area contributed by atoms with Crippen LogP contribution in [0, 0.1) is 17.8 Å². The lowest BCUT2D eigenvalue weighted by molar-refractivity contribution is -0.126. The first-order valence-electron chi connectivity index (χ1n) is 23.1. The number of anilines is 2. The quantitative estimate of drug-likeness (QED) is 0.0857. The molecule has 0 bridgehead atoms. The van der Waals surface area contributed by atoms with E-state index in [1.807, 2.05) is 107 Å². The zero-order valence-corrected chi connectivity index (χ0v) is 41.0. The van der Waals surface area contributed by atoms with E-state index in [2.05, 4.69) is 10.6 Å². The van der Waals surface area contributed by atoms with Gasteiger partial charge in [-0.2, -0.15) is 0 Å². The molecule has 2 aliphatic rings. The van der Waals surface area contributed by atoms with Crippen LogP contribution >= 0.6 is 23.2 Å². The molecule has 2 heterocycles. The van der Waals surface area contributed by atoms with Crippen LogP contribution in [0.15, 0.2) is 158 Å². The van der Waals surface area contributed by atoms with Gasteiger partial charge in [0.1, 0.15) is 47.3 Å². The number of benzene rings is 6. The number of hydrogen-bond acceptors (Lipinski definition) is 9. The van der Waals surface area contributed by atoms with Gasteiger partial charge in [-0.25, -0.2) is 9.59 Å². The second kappa shape index (κ2) is 23.5. The first kappa shape index (κ1) is 50.8. The molecule has 15 heteroatoms. The molecule has 6 aromatic rings. The molecule has 2 fully saturated rings. The molecular formula is C55H57Cl2N5O8. The van der Waals surface area contributed by atoms with E-state index < -0.39 is 36.5 Å². The van der Waals surface area contributed by atoms with Crippen LogP contribution in [0.1, 0.15) is 57.8 Å². The highest BCUT2D eigenvalue weighted by Gasteiger charge is 2.45. The van der Waals surface area contributed by atoms with Crippen LogP contribution in [0.25, 0.3) is 0 Å². The molecule has 70 heavy (non-hydrogen) atoms. The van der Waals surface area contributed by atoms with Crippen LogP contribution in [0.2, 0.25) is 10.0 Å². The topological polar surface area (TPSA) is 162 Å². The number of halogens is 2. The number of ether oxygens (including phenoxy) is 4. The third-order valence-corrected chi connectivity index (χ3v) is 12.7. The summed E-state index contributed by atoms with van der Waals surface area (Å²) in [5, 5.41) is 7.07. The van der Waals surface area contributed by atoms with Gasteiger partial charge in [-0.3, -0.25) is 19.4 Å². The van der Waals surface area contributed by atoms with E-state index in [1.54, 1.807) is 94.7 Å². The molecule has 2 saturated heterocycles. The molecular weight excluding hydrogens is 930 g/mol. The Morgan fingerprint density at radius 3 is 1.21 bits per heavy atom. The number of carbonyl (C=O) groups is 4. The van der Waals surface area contributed by atoms with E-state index in [4.69, 9.17) is 47.9 Å². The van der Waals surface area contributed by atoms with Gasteiger partial charge in [0.25, 0.3) is 0 Å². The number of rotatable bonds is 16. The van der Waals surface area contributed by atoms with Crippen molar-refractivity contribution in [3.05, 3.63) is 179 Å². The molecule has 0 radical (unpaired) electrons. The van der Waals surface area contributed by atoms with E-state index in [1.165, 1.54) is 0 Å². The molecule has 4 amide bonds. The lowest BCUT2D eigenvalue weighted by atomic mass is 9.96. The average molecular weight is 987 g/mol. The number of nitrogens with zero attached hydrogens (tertiary/aromatic N) is 2. The van der Waals surface area contributed by atoms with Crippen molar-refractivity contribution in [2.75, 3.05) is 22.9 Å². The van der Waals surface area contributed by atoms with E-state index in [9.17, 15) is 19.2 Å². The highest BCUT2D eigenvalue weighted by molar-refractivity contribution is 6.30. The van der Waals surface area contributed by atoms with Gasteiger partial charge in [-0.05, 0) is 120 Å². The number of amides is 4. The maximum Gasteiger partial charge on any atom is 0.415 e. The van der Waals surface area contributed by atoms with Crippen molar-refractivity contribution in [1.29, 1.82) is 0 Å². The summed E-state index contributed by atoms with van der Waals surface area (Å²) in [4.78, 5) is 54.2. The zero-order chi connectivity index (χ0) is 49.9. The number of nitrogens with two attached hydrogens (primary N) is 1. The molecule has 364 valence electrons. The van der Waals surface area contributed by atoms with Crippen LogP contribution in [0.4, 0.5) is 21.0 Å². The Morgan fingerprint density at radius 1 is 0.529 bits per heavy atom. The van der Waals surface area contributed by atoms with Crippen molar-refractivity contribution in [2.24, 2.45) is 23.5 Å². The lowest BCUT2D eigenvalue weighted by Gasteiger charge is -2.26. The van der Waals surface area contributed by atoms with Gasteiger partial charge < -0.3 is 35.3 Å². The fourth-order valence-corrected chi connectivity index (χ4v) is 8.09. The Balaban J connectivity index is 0.000000206. The second-order valence-electron chi connectivity index (χ2n) is 17.7. The summed E-state index contributed by atoms with van der Waals surface area (Å²) in [6, 6.07) is 46.5. The normalized spacial score (nSPS) is 18.3. The summed E-state index contributed by atoms with van der Waals surface area (Å²) >= 11 is 11.9. The van der Waals surface area contributed by atoms with Gasteiger partial charge >= 0.3 is 12.2 Å². The Hall–Kier alpha value is -7.06. The van der Waals surface area contributed by atoms with Crippen LogP contribution in [0.3, 0.4) is 0 Å². The largest absolute Gasteiger partial charge is 0.457 e. The van der Waals surface area contributed by atoms with E-state index in [0.29, 0.717) is 44.4 Å². The lowest BCUT2D eigenvalue weighted by Crippen LogP contribution is -2.47. The van der Waals surface area contributed by atoms with Gasteiger partial charge in [-0.1, -0.05) is 118 Å². The van der Waals surface area contributed by atoms with Crippen molar-refractivity contribution in [3.8, 4) is 23.0 Å². The van der Waals surface area contributed by atoms with E-state index in [-0.39, 0.29) is 48.7 Å². The zero-order valence-electron chi connectivity index (χ0n) is 39.5. The fraction of sp³-hybridized carbons (Fsp3) is 0.273. The highest BCUT2D eigenvalue weighted by Crippen LogP contribution is 2.40. The van der Waals surface area contributed by atoms with Crippen molar-refractivity contribution >= 4 is 58.6 Å². The minimum Gasteiger partial charge on any atom is -0.457 e. The predicted molar refractivity (Wildman–Crippen MR) is 273 cm³/mol. The maximum atomic E-state index is 13.0. The molecule has 6 atom stereocenters. The maximum absolute atomic E-state index is 13.0. The van der Waals surface area contributed by atoms with Crippen LogP contribution < -0.4 is 35.6 Å². The molecule has 8 rings (SSSR count). The number of nitrogens with one attached hydrogen (secondary N) is 2. The molecule has 0 aromatic heterocycles. The van der Waals surface area contributed by atoms with Crippen molar-refractivity contribution in [1.82, 2.24) is 10.6 Å². The van der Waals surface area contributed by atoms with E-state index in [0.717, 1.165) is 11.1 Å². The average Bonchev–Trinajstić information content (AvgIpc) is 3.89. The first-order valence-corrected chi connectivity index (χ1v) is 23.9. The second-order valence-corrected chi connectivity index (χ2v) is 18.6. The summed E-state index contributed by atoms with van der Waals surface area (Å²) in [7, 11) is 0. The Labute approximate surface area is 418 Å². The number of carbonyl (C=O) groups excluding carboxylic acids is 4. The van der Waals surface area contributed by atoms with Crippen LogP contribution in [-0.4, -0.2) is 55.3 Å². The summed E-state index contributed by atoms with van der Waals surface area (Å²) in [6.45, 7) is 10.1. The fourth-order valence-electron chi connectivity index (χ4n) is 7.84. The number of hydrogen-bond donors (Lipinski definition) is 3. The first-order chi connectivity index (χ1) is 33.7. The molecule has 4 N–H and O–H groups in total. The molecule has 0 unspecified atom stereocenters. The van der Waals surface area contributed by atoms with Crippen molar-refractivity contribution in [2.45, 2.75) is 65.0 Å². The summed E-state index contributed by atoms with van der Waals surface area (Å²) in [6.07, 6.45) is -2.06. The molecule has 6 aromatic carbocycles. The molecule has 0 saturated carbocycles. The SMILES string of the molecule is CC(C)[C@@H](C)C(=O)NC[C@@H]1OC(=O)N(c2ccc(Oc3ccc(Cl)cc3)cc2)[C@H]1c1ccccc1.CC(C)[C@@H](N)C(=O)NC[C@@H]1OC(=O)N(c2ccc(Oc3ccc(Cl)cc3)cc2)[C@H]1c1ccccc1. The van der Waals surface area contributed by atoms with Crippen molar-refractivity contribution < 1.29 is 38.1 Å². The number of cyclic esters (lactones) is 2. The van der Waals surface area contributed by atoms with Gasteiger partial charge in [0.2, 0.25) is 11.8 Å². The summed E-state index contributed by atoms with van der Waals surface area (Å²) < 4.78 is 23.2. The Kier molecular flexibility index (Phi) is 17.1. The van der Waals surface area contributed by atoms with Gasteiger partial charge in [0, 0.05) is 27.3 Å². The molecule has 2 aliphatic heterocycles. The summed E-state index contributed by atoms with van der Waals surface area (Å²) in [5.41, 5.74) is 9.12. The Morgan fingerprint density at radius 2 is 0.871 bits per heavy atom. The molecule has 0 aliphatic carbocycles. The third-order valence-electron chi connectivity index (χ3n) is 12.2. The third kappa shape index (κ3) is 12.8. The van der Waals surface area contributed by atoms with Crippen molar-refractivity contribution in [3.63, 3.8) is 0 Å². The van der Waals surface area contributed by atoms with Crippen LogP contribution in [0.5, 0.6) is 23.0 Å². The standard InChI is InChI=1S/C28H29ClN2O4.C27H28ClN3O4/c1-18(2)19(3)27(32)30-17-25-26(20-7-5-4-6-8-20)31(28(33)35-25)22-11-15-24(16-12-22)34-23-13-9-21(29)10-14-23;1-17(2)24(29)26(32)30-16-23-25(18-6-4-3-5-7-18)31(27(33)35-23)20-10-14-22(15-11-20)34-21-12-8-19(28)9-13-21/h4-16,18-19,25-26H,17H2,1-3H3,(H,30,32);3-15,17,23-25H,16,29H2,1-2H3,(H,30,32)/t19-,25+,26+;23-,24+,25-/m10/s1. The van der Waals surface area contributed by atoms with Gasteiger partial charge in [-0.15, -0.1) is 0 Å². The predicted octanol–water partition coefficient (Wildman–Crippen LogP) is 11.9. The highest BCUT2D eigenvalue weighted by atomic mass is 35.5. The smallest absolute Gasteiger partial charge is 0.415 e. The molecule has 0 spiro atoms. The van der Waals surface area contributed by atoms with Gasteiger partial charge in [0.05, 0.1) is 19.1 Å². The minimum atomic E-state index is -0.633. The summed E-state index contributed by atoms with van der Waals surface area (Å²) in [5.74, 6) is 2.32. The monoisotopic (exact) mass is 985 g/mol. The Bertz CT molecular complexity index is 2490. The van der Waals surface area contributed by atoms with E-state index >= 15 is 0 Å². The van der Waals surface area contributed by atoms with Gasteiger partial charge in [0.15, 0.2) is 0 Å².